The zero-order chi connectivity index (χ0) is 20.5. The summed E-state index contributed by atoms with van der Waals surface area (Å²) in [6.07, 6.45) is 7.68. The van der Waals surface area contributed by atoms with E-state index in [0.717, 1.165) is 49.2 Å². The number of nitrogens with zero attached hydrogens (tertiary/aromatic N) is 3. The predicted molar refractivity (Wildman–Crippen MR) is 115 cm³/mol. The second-order valence-electron chi connectivity index (χ2n) is 8.14. The van der Waals surface area contributed by atoms with Crippen molar-refractivity contribution in [3.8, 4) is 5.75 Å². The van der Waals surface area contributed by atoms with Crippen LogP contribution in [0.5, 0.6) is 5.75 Å². The summed E-state index contributed by atoms with van der Waals surface area (Å²) in [7, 11) is 0. The maximum atomic E-state index is 12.5. The Bertz CT molecular complexity index is 1130. The van der Waals surface area contributed by atoms with Crippen LogP contribution in [0.25, 0.3) is 4.96 Å². The van der Waals surface area contributed by atoms with Crippen LogP contribution in [-0.2, 0) is 11.4 Å². The Morgan fingerprint density at radius 3 is 2.80 bits per heavy atom. The molecule has 0 radical (unpaired) electrons. The van der Waals surface area contributed by atoms with Crippen LogP contribution < -0.4 is 15.6 Å². The van der Waals surface area contributed by atoms with Crippen LogP contribution in [0.1, 0.15) is 61.6 Å². The van der Waals surface area contributed by atoms with Gasteiger partial charge in [0.1, 0.15) is 17.4 Å². The molecule has 2 aromatic heterocycles. The van der Waals surface area contributed by atoms with Gasteiger partial charge in [0.25, 0.3) is 5.56 Å². The number of nitrogens with one attached hydrogen (secondary N) is 1. The van der Waals surface area contributed by atoms with E-state index in [-0.39, 0.29) is 24.0 Å². The van der Waals surface area contributed by atoms with Gasteiger partial charge in [0.2, 0.25) is 10.9 Å². The molecular formula is C22H24N4O3S. The molecule has 1 N–H and O–H groups in total. The van der Waals surface area contributed by atoms with Crippen LogP contribution in [0, 0.1) is 5.92 Å². The molecule has 7 nitrogen and oxygen atoms in total. The summed E-state index contributed by atoms with van der Waals surface area (Å²) in [5.74, 6) is 1.31. The molecule has 0 aliphatic heterocycles. The first kappa shape index (κ1) is 19.2. The van der Waals surface area contributed by atoms with Crippen molar-refractivity contribution in [3.05, 3.63) is 51.4 Å². The molecule has 0 saturated heterocycles. The standard InChI is InChI=1S/C22H24N4O3S/c27-19-12-17(24-22-26(19)25-21(30-22)15-9-10-15)13-29-18-8-4-7-16(11-18)23-20(28)14-5-2-1-3-6-14/h4,7-8,11-12,14-15H,1-3,5-6,9-10,13H2,(H,23,28). The van der Waals surface area contributed by atoms with Crippen LogP contribution in [0.15, 0.2) is 35.1 Å². The predicted octanol–water partition coefficient (Wildman–Crippen LogP) is 4.13. The van der Waals surface area contributed by atoms with Crippen molar-refractivity contribution >= 4 is 27.9 Å². The molecule has 3 aromatic rings. The van der Waals surface area contributed by atoms with Crippen LogP contribution in [-0.4, -0.2) is 20.5 Å². The van der Waals surface area contributed by atoms with Crippen molar-refractivity contribution in [1.29, 1.82) is 0 Å². The number of benzene rings is 1. The number of carbonyl (C=O) groups excluding carboxylic acids is 1. The summed E-state index contributed by atoms with van der Waals surface area (Å²) in [6, 6.07) is 8.82. The van der Waals surface area contributed by atoms with E-state index in [2.05, 4.69) is 15.4 Å². The highest BCUT2D eigenvalue weighted by Gasteiger charge is 2.28. The van der Waals surface area contributed by atoms with Crippen molar-refractivity contribution in [2.75, 3.05) is 5.32 Å². The lowest BCUT2D eigenvalue weighted by Gasteiger charge is -2.20. The molecule has 2 aliphatic rings. The molecule has 5 rings (SSSR count). The Morgan fingerprint density at radius 1 is 1.17 bits per heavy atom. The van der Waals surface area contributed by atoms with Gasteiger partial charge in [-0.15, -0.1) is 0 Å². The first-order valence-electron chi connectivity index (χ1n) is 10.6. The largest absolute Gasteiger partial charge is 0.487 e. The Labute approximate surface area is 178 Å². The Kier molecular flexibility index (Phi) is 5.25. The number of anilines is 1. The van der Waals surface area contributed by atoms with Gasteiger partial charge in [0, 0.05) is 29.7 Å². The molecule has 8 heteroatoms. The van der Waals surface area contributed by atoms with Crippen molar-refractivity contribution < 1.29 is 9.53 Å². The summed E-state index contributed by atoms with van der Waals surface area (Å²) >= 11 is 1.48. The number of carbonyl (C=O) groups is 1. The van der Waals surface area contributed by atoms with Crippen LogP contribution in [0.3, 0.4) is 0 Å². The van der Waals surface area contributed by atoms with Gasteiger partial charge in [-0.2, -0.15) is 9.61 Å². The zero-order valence-corrected chi connectivity index (χ0v) is 17.5. The summed E-state index contributed by atoms with van der Waals surface area (Å²) in [5, 5.41) is 8.38. The van der Waals surface area contributed by atoms with E-state index in [1.54, 1.807) is 0 Å². The molecule has 2 heterocycles. The second kappa shape index (κ2) is 8.18. The van der Waals surface area contributed by atoms with Crippen molar-refractivity contribution in [2.24, 2.45) is 5.92 Å². The summed E-state index contributed by atoms with van der Waals surface area (Å²) in [6.45, 7) is 0.183. The number of fused-ring (bicyclic) bond motifs is 1. The van der Waals surface area contributed by atoms with E-state index in [1.165, 1.54) is 28.3 Å². The Hall–Kier alpha value is -2.74. The highest BCUT2D eigenvalue weighted by Crippen LogP contribution is 2.41. The van der Waals surface area contributed by atoms with E-state index >= 15 is 0 Å². The topological polar surface area (TPSA) is 85.6 Å². The van der Waals surface area contributed by atoms with Gasteiger partial charge in [0.15, 0.2) is 0 Å². The van der Waals surface area contributed by atoms with Crippen LogP contribution in [0.2, 0.25) is 0 Å². The highest BCUT2D eigenvalue weighted by atomic mass is 32.1. The van der Waals surface area contributed by atoms with Gasteiger partial charge in [-0.3, -0.25) is 9.59 Å². The fraction of sp³-hybridized carbons (Fsp3) is 0.455. The molecule has 0 bridgehead atoms. The lowest BCUT2D eigenvalue weighted by atomic mass is 9.88. The molecule has 1 amide bonds. The zero-order valence-electron chi connectivity index (χ0n) is 16.7. The summed E-state index contributed by atoms with van der Waals surface area (Å²) < 4.78 is 7.23. The number of hydrogen-bond acceptors (Lipinski definition) is 6. The summed E-state index contributed by atoms with van der Waals surface area (Å²) in [4.78, 5) is 30.0. The number of hydrogen-bond donors (Lipinski definition) is 1. The van der Waals surface area contributed by atoms with Crippen molar-refractivity contribution in [2.45, 2.75) is 57.5 Å². The molecule has 2 aliphatic carbocycles. The van der Waals surface area contributed by atoms with Gasteiger partial charge in [0.05, 0.1) is 5.69 Å². The molecule has 2 fully saturated rings. The minimum atomic E-state index is -0.185. The Balaban J connectivity index is 1.25. The molecule has 0 atom stereocenters. The fourth-order valence-electron chi connectivity index (χ4n) is 3.87. The number of aromatic nitrogens is 3. The van der Waals surface area contributed by atoms with Gasteiger partial charge in [-0.1, -0.05) is 36.7 Å². The third-order valence-electron chi connectivity index (χ3n) is 5.70. The molecule has 0 spiro atoms. The number of amides is 1. The third kappa shape index (κ3) is 4.23. The van der Waals surface area contributed by atoms with Crippen LogP contribution in [0.4, 0.5) is 5.69 Å². The van der Waals surface area contributed by atoms with E-state index < -0.39 is 0 Å². The summed E-state index contributed by atoms with van der Waals surface area (Å²) in [5.41, 5.74) is 1.11. The quantitative estimate of drug-likeness (QED) is 0.643. The van der Waals surface area contributed by atoms with Crippen molar-refractivity contribution in [3.63, 3.8) is 0 Å². The van der Waals surface area contributed by atoms with E-state index in [4.69, 9.17) is 4.74 Å². The monoisotopic (exact) mass is 424 g/mol. The van der Waals surface area contributed by atoms with Crippen LogP contribution >= 0.6 is 11.3 Å². The maximum absolute atomic E-state index is 12.5. The highest BCUT2D eigenvalue weighted by molar-refractivity contribution is 7.16. The molecular weight excluding hydrogens is 400 g/mol. The number of rotatable bonds is 6. The normalized spacial score (nSPS) is 17.2. The maximum Gasteiger partial charge on any atom is 0.275 e. The lowest BCUT2D eigenvalue weighted by Crippen LogP contribution is -2.24. The molecule has 30 heavy (non-hydrogen) atoms. The molecule has 1 aromatic carbocycles. The second-order valence-corrected chi connectivity index (χ2v) is 9.12. The average molecular weight is 425 g/mol. The Morgan fingerprint density at radius 2 is 2.00 bits per heavy atom. The molecule has 2 saturated carbocycles. The molecule has 156 valence electrons. The lowest BCUT2D eigenvalue weighted by molar-refractivity contribution is -0.120. The van der Waals surface area contributed by atoms with E-state index in [1.807, 2.05) is 24.3 Å². The van der Waals surface area contributed by atoms with Gasteiger partial charge in [-0.05, 0) is 37.8 Å². The van der Waals surface area contributed by atoms with Gasteiger partial charge < -0.3 is 10.1 Å². The molecule has 0 unspecified atom stereocenters. The SMILES string of the molecule is O=C(Nc1cccc(OCc2cc(=O)n3nc(C4CC4)sc3n2)c1)C1CCCCC1. The van der Waals surface area contributed by atoms with Gasteiger partial charge in [-0.25, -0.2) is 4.98 Å². The van der Waals surface area contributed by atoms with E-state index in [9.17, 15) is 9.59 Å². The van der Waals surface area contributed by atoms with Gasteiger partial charge >= 0.3 is 0 Å². The minimum absolute atomic E-state index is 0.0867. The third-order valence-corrected chi connectivity index (χ3v) is 6.78. The van der Waals surface area contributed by atoms with Crippen molar-refractivity contribution in [1.82, 2.24) is 14.6 Å². The van der Waals surface area contributed by atoms with E-state index in [0.29, 0.717) is 22.3 Å². The first-order chi connectivity index (χ1) is 14.7. The smallest absolute Gasteiger partial charge is 0.275 e. The number of ether oxygens (including phenoxy) is 1. The average Bonchev–Trinajstić information content (AvgIpc) is 3.52. The first-order valence-corrected chi connectivity index (χ1v) is 11.4. The fourth-order valence-corrected chi connectivity index (χ4v) is 4.96. The minimum Gasteiger partial charge on any atom is -0.487 e.